The third-order valence-corrected chi connectivity index (χ3v) is 4.30. The van der Waals surface area contributed by atoms with Crippen LogP contribution >= 0.6 is 23.2 Å². The first kappa shape index (κ1) is 19.9. The molecule has 0 aromatic heterocycles. The predicted molar refractivity (Wildman–Crippen MR) is 105 cm³/mol. The van der Waals surface area contributed by atoms with Crippen LogP contribution in [0.2, 0.25) is 10.0 Å². The van der Waals surface area contributed by atoms with E-state index in [0.29, 0.717) is 34.1 Å². The first-order chi connectivity index (χ1) is 12.0. The molecule has 0 radical (unpaired) electrons. The third-order valence-electron chi connectivity index (χ3n) is 3.79. The lowest BCUT2D eigenvalue weighted by Crippen LogP contribution is -2.16. The van der Waals surface area contributed by atoms with Crippen molar-refractivity contribution in [1.29, 1.82) is 0 Å². The van der Waals surface area contributed by atoms with Crippen molar-refractivity contribution in [2.24, 2.45) is 5.92 Å². The summed E-state index contributed by atoms with van der Waals surface area (Å²) in [5, 5.41) is 4.65. The molecule has 3 nitrogen and oxygen atoms in total. The number of hydrogen-bond acceptors (Lipinski definition) is 3. The summed E-state index contributed by atoms with van der Waals surface area (Å²) in [6, 6.07) is 11.4. The van der Waals surface area contributed by atoms with Gasteiger partial charge in [0.2, 0.25) is 0 Å². The Balaban J connectivity index is 2.03. The minimum absolute atomic E-state index is 0.378. The highest BCUT2D eigenvalue weighted by Crippen LogP contribution is 2.37. The molecule has 0 saturated carbocycles. The van der Waals surface area contributed by atoms with Crippen LogP contribution in [0, 0.1) is 5.92 Å². The predicted octanol–water partition coefficient (Wildman–Crippen LogP) is 5.72. The smallest absolute Gasteiger partial charge is 0.180 e. The van der Waals surface area contributed by atoms with Crippen LogP contribution in [0.4, 0.5) is 0 Å². The van der Waals surface area contributed by atoms with Crippen molar-refractivity contribution < 1.29 is 9.47 Å². The molecule has 0 aliphatic heterocycles. The van der Waals surface area contributed by atoms with E-state index >= 15 is 0 Å². The summed E-state index contributed by atoms with van der Waals surface area (Å²) in [5.41, 5.74) is 2.05. The maximum absolute atomic E-state index is 6.42. The van der Waals surface area contributed by atoms with Gasteiger partial charge in [-0.15, -0.1) is 0 Å². The maximum Gasteiger partial charge on any atom is 0.180 e. The molecule has 0 bridgehead atoms. The molecule has 25 heavy (non-hydrogen) atoms. The zero-order valence-corrected chi connectivity index (χ0v) is 16.5. The Bertz CT molecular complexity index is 689. The van der Waals surface area contributed by atoms with E-state index in [0.717, 1.165) is 30.6 Å². The summed E-state index contributed by atoms with van der Waals surface area (Å²) < 4.78 is 11.3. The van der Waals surface area contributed by atoms with E-state index in [4.69, 9.17) is 32.7 Å². The van der Waals surface area contributed by atoms with Crippen LogP contribution in [0.25, 0.3) is 0 Å². The Morgan fingerprint density at radius 2 is 1.88 bits per heavy atom. The number of ether oxygens (including phenoxy) is 2. The van der Waals surface area contributed by atoms with Crippen LogP contribution in [0.5, 0.6) is 11.5 Å². The van der Waals surface area contributed by atoms with Crippen molar-refractivity contribution >= 4 is 23.2 Å². The van der Waals surface area contributed by atoms with Gasteiger partial charge in [-0.25, -0.2) is 0 Å². The zero-order chi connectivity index (χ0) is 18.2. The van der Waals surface area contributed by atoms with Gasteiger partial charge in [0, 0.05) is 11.6 Å². The fourth-order valence-corrected chi connectivity index (χ4v) is 2.92. The summed E-state index contributed by atoms with van der Waals surface area (Å²) >= 11 is 12.4. The van der Waals surface area contributed by atoms with Crippen LogP contribution < -0.4 is 14.8 Å². The highest BCUT2D eigenvalue weighted by molar-refractivity contribution is 6.32. The summed E-state index contributed by atoms with van der Waals surface area (Å²) in [6.07, 6.45) is 1.14. The Kier molecular flexibility index (Phi) is 7.89. The second-order valence-electron chi connectivity index (χ2n) is 6.39. The van der Waals surface area contributed by atoms with Gasteiger partial charge in [0.25, 0.3) is 0 Å². The summed E-state index contributed by atoms with van der Waals surface area (Å²) in [6.45, 7) is 6.53. The summed E-state index contributed by atoms with van der Waals surface area (Å²) in [4.78, 5) is 0. The SMILES string of the molecule is COc1cc(CNCCC(C)C)cc(Cl)c1OCc1cccc(Cl)c1. The monoisotopic (exact) mass is 381 g/mol. The largest absolute Gasteiger partial charge is 0.493 e. The average Bonchev–Trinajstić information content (AvgIpc) is 2.57. The molecule has 0 fully saturated rings. The fraction of sp³-hybridized carbons (Fsp3) is 0.400. The summed E-state index contributed by atoms with van der Waals surface area (Å²) in [5.74, 6) is 1.87. The lowest BCUT2D eigenvalue weighted by Gasteiger charge is -2.15. The second-order valence-corrected chi connectivity index (χ2v) is 7.23. The molecule has 0 aliphatic carbocycles. The lowest BCUT2D eigenvalue weighted by molar-refractivity contribution is 0.284. The van der Waals surface area contributed by atoms with E-state index < -0.39 is 0 Å². The topological polar surface area (TPSA) is 30.5 Å². The lowest BCUT2D eigenvalue weighted by atomic mass is 10.1. The number of rotatable bonds is 9. The van der Waals surface area contributed by atoms with Gasteiger partial charge in [-0.05, 0) is 54.3 Å². The Labute approximate surface area is 160 Å². The van der Waals surface area contributed by atoms with Crippen molar-refractivity contribution in [2.45, 2.75) is 33.4 Å². The van der Waals surface area contributed by atoms with Gasteiger partial charge in [0.05, 0.1) is 12.1 Å². The molecule has 0 unspecified atom stereocenters. The standard InChI is InChI=1S/C20H25Cl2NO2/c1-14(2)7-8-23-12-16-10-18(22)20(19(11-16)24-3)25-13-15-5-4-6-17(21)9-15/h4-6,9-11,14,23H,7-8,12-13H2,1-3H3. The van der Waals surface area contributed by atoms with Gasteiger partial charge >= 0.3 is 0 Å². The minimum atomic E-state index is 0.378. The van der Waals surface area contributed by atoms with Crippen LogP contribution in [-0.2, 0) is 13.2 Å². The van der Waals surface area contributed by atoms with Crippen LogP contribution in [0.3, 0.4) is 0 Å². The molecule has 0 heterocycles. The van der Waals surface area contributed by atoms with E-state index in [1.54, 1.807) is 7.11 Å². The number of hydrogen-bond donors (Lipinski definition) is 1. The van der Waals surface area contributed by atoms with E-state index in [-0.39, 0.29) is 0 Å². The van der Waals surface area contributed by atoms with Crippen LogP contribution in [0.15, 0.2) is 36.4 Å². The second kappa shape index (κ2) is 9.91. The highest BCUT2D eigenvalue weighted by atomic mass is 35.5. The normalized spacial score (nSPS) is 11.0. The first-order valence-electron chi connectivity index (χ1n) is 8.44. The molecule has 0 saturated heterocycles. The molecule has 2 aromatic carbocycles. The molecule has 1 N–H and O–H groups in total. The maximum atomic E-state index is 6.42. The molecule has 5 heteroatoms. The molecule has 0 spiro atoms. The fourth-order valence-electron chi connectivity index (χ4n) is 2.42. The third kappa shape index (κ3) is 6.43. The van der Waals surface area contributed by atoms with Crippen molar-refractivity contribution in [3.05, 3.63) is 57.6 Å². The molecule has 0 atom stereocenters. The van der Waals surface area contributed by atoms with Gasteiger partial charge in [0.1, 0.15) is 6.61 Å². The van der Waals surface area contributed by atoms with Gasteiger partial charge in [-0.3, -0.25) is 0 Å². The Morgan fingerprint density at radius 1 is 1.08 bits per heavy atom. The van der Waals surface area contributed by atoms with Gasteiger partial charge < -0.3 is 14.8 Å². The van der Waals surface area contributed by atoms with Crippen LogP contribution in [0.1, 0.15) is 31.4 Å². The van der Waals surface area contributed by atoms with E-state index in [1.165, 1.54) is 0 Å². The van der Waals surface area contributed by atoms with Gasteiger partial charge in [0.15, 0.2) is 11.5 Å². The Morgan fingerprint density at radius 3 is 2.56 bits per heavy atom. The van der Waals surface area contributed by atoms with Crippen molar-refractivity contribution in [1.82, 2.24) is 5.32 Å². The van der Waals surface area contributed by atoms with E-state index in [1.807, 2.05) is 36.4 Å². The Hall–Kier alpha value is -1.42. The molecule has 0 aliphatic rings. The molecule has 136 valence electrons. The quantitative estimate of drug-likeness (QED) is 0.563. The highest BCUT2D eigenvalue weighted by Gasteiger charge is 2.12. The van der Waals surface area contributed by atoms with Gasteiger partial charge in [-0.2, -0.15) is 0 Å². The zero-order valence-electron chi connectivity index (χ0n) is 14.9. The number of halogens is 2. The number of methoxy groups -OCH3 is 1. The first-order valence-corrected chi connectivity index (χ1v) is 9.19. The van der Waals surface area contributed by atoms with E-state index in [9.17, 15) is 0 Å². The van der Waals surface area contributed by atoms with E-state index in [2.05, 4.69) is 19.2 Å². The van der Waals surface area contributed by atoms with Crippen LogP contribution in [-0.4, -0.2) is 13.7 Å². The number of nitrogens with one attached hydrogen (secondary N) is 1. The molecule has 0 amide bonds. The molecule has 2 rings (SSSR count). The van der Waals surface area contributed by atoms with Crippen molar-refractivity contribution in [3.8, 4) is 11.5 Å². The van der Waals surface area contributed by atoms with Gasteiger partial charge in [-0.1, -0.05) is 49.2 Å². The van der Waals surface area contributed by atoms with Crippen molar-refractivity contribution in [2.75, 3.05) is 13.7 Å². The molecular formula is C20H25Cl2NO2. The number of benzene rings is 2. The molecular weight excluding hydrogens is 357 g/mol. The summed E-state index contributed by atoms with van der Waals surface area (Å²) in [7, 11) is 1.62. The average molecular weight is 382 g/mol. The minimum Gasteiger partial charge on any atom is -0.493 e. The molecule has 2 aromatic rings. The van der Waals surface area contributed by atoms with Crippen molar-refractivity contribution in [3.63, 3.8) is 0 Å².